The first kappa shape index (κ1) is 27.0. The number of ether oxygens (including phenoxy) is 2. The Labute approximate surface area is 250 Å². The number of benzene rings is 2. The van der Waals surface area contributed by atoms with E-state index in [2.05, 4.69) is 38.1 Å². The van der Waals surface area contributed by atoms with Gasteiger partial charge in [-0.15, -0.1) is 0 Å². The Balaban J connectivity index is 1.21. The van der Waals surface area contributed by atoms with Gasteiger partial charge in [0.25, 0.3) is 0 Å². The van der Waals surface area contributed by atoms with Crippen molar-refractivity contribution in [2.24, 2.45) is 34.5 Å². The normalized spacial score (nSPS) is 38.1. The molecule has 0 aromatic heterocycles. The zero-order valence-corrected chi connectivity index (χ0v) is 25.9. The van der Waals surface area contributed by atoms with Gasteiger partial charge in [-0.25, -0.2) is 0 Å². The second-order valence-electron chi connectivity index (χ2n) is 15.2. The summed E-state index contributed by atoms with van der Waals surface area (Å²) >= 11 is 0. The molecule has 0 heterocycles. The average molecular weight is 567 g/mol. The monoisotopic (exact) mass is 566 g/mol. The molecule has 4 saturated carbocycles. The number of methoxy groups -OCH3 is 2. The maximum Gasteiger partial charge on any atom is 0.139 e. The van der Waals surface area contributed by atoms with Crippen molar-refractivity contribution in [2.75, 3.05) is 14.2 Å². The number of hydrogen-bond donors (Lipinski definition) is 0. The Bertz CT molecular complexity index is 1380. The topological polar surface area (TPSA) is 52.6 Å². The van der Waals surface area contributed by atoms with E-state index >= 15 is 0 Å². The number of carbonyl (C=O) groups excluding carboxylic acids is 2. The van der Waals surface area contributed by atoms with Crippen LogP contribution in [0.4, 0.5) is 0 Å². The van der Waals surface area contributed by atoms with Gasteiger partial charge < -0.3 is 9.47 Å². The second kappa shape index (κ2) is 9.44. The summed E-state index contributed by atoms with van der Waals surface area (Å²) in [6.45, 7) is 4.53. The number of hydrogen-bond acceptors (Lipinski definition) is 4. The van der Waals surface area contributed by atoms with Crippen LogP contribution >= 0.6 is 0 Å². The van der Waals surface area contributed by atoms with Gasteiger partial charge in [-0.2, -0.15) is 0 Å². The molecule has 4 nitrogen and oxygen atoms in total. The van der Waals surface area contributed by atoms with E-state index in [-0.39, 0.29) is 10.8 Å². The van der Waals surface area contributed by atoms with E-state index in [0.29, 0.717) is 47.1 Å². The van der Waals surface area contributed by atoms with E-state index in [1.165, 1.54) is 35.1 Å². The fourth-order valence-corrected chi connectivity index (χ4v) is 11.5. The molecule has 8 rings (SSSR count). The first-order valence-electron chi connectivity index (χ1n) is 16.8. The summed E-state index contributed by atoms with van der Waals surface area (Å²) in [5.74, 6) is 6.18. The quantitative estimate of drug-likeness (QED) is 0.376. The number of ketones is 2. The Kier molecular flexibility index (Phi) is 6.06. The van der Waals surface area contributed by atoms with Gasteiger partial charge in [-0.3, -0.25) is 9.59 Å². The zero-order valence-electron chi connectivity index (χ0n) is 25.9. The largest absolute Gasteiger partial charge is 0.496 e. The molecule has 6 aliphatic rings. The molecule has 8 atom stereocenters. The minimum absolute atomic E-state index is 0.105. The van der Waals surface area contributed by atoms with Crippen LogP contribution in [0.5, 0.6) is 11.5 Å². The van der Waals surface area contributed by atoms with Gasteiger partial charge in [0, 0.05) is 34.8 Å². The van der Waals surface area contributed by atoms with Crippen LogP contribution in [0.1, 0.15) is 112 Å². The lowest BCUT2D eigenvalue weighted by Gasteiger charge is -2.48. The van der Waals surface area contributed by atoms with Crippen molar-refractivity contribution in [3.8, 4) is 22.6 Å². The lowest BCUT2D eigenvalue weighted by Crippen LogP contribution is -2.42. The van der Waals surface area contributed by atoms with Gasteiger partial charge in [0.05, 0.1) is 14.2 Å². The smallest absolute Gasteiger partial charge is 0.139 e. The van der Waals surface area contributed by atoms with Gasteiger partial charge in [0.2, 0.25) is 0 Å². The molecule has 0 aliphatic heterocycles. The zero-order chi connectivity index (χ0) is 29.0. The molecule has 42 heavy (non-hydrogen) atoms. The lowest BCUT2D eigenvalue weighted by atomic mass is 9.55. The molecule has 0 radical (unpaired) electrons. The predicted octanol–water partition coefficient (Wildman–Crippen LogP) is 8.22. The van der Waals surface area contributed by atoms with Gasteiger partial charge in [-0.1, -0.05) is 13.8 Å². The molecule has 222 valence electrons. The summed E-state index contributed by atoms with van der Waals surface area (Å²) in [5.41, 5.74) is 7.91. The SMILES string of the molecule is COc1cc2c(cc1-c1cc3c(cc1OC)CCC1C3CCC3(C)C(=O)CCC13)C1CCC3(C)C(=O)CCC3C1CC2. The van der Waals surface area contributed by atoms with Gasteiger partial charge in [0.15, 0.2) is 0 Å². The third-order valence-electron chi connectivity index (χ3n) is 13.8. The molecule has 6 aliphatic carbocycles. The van der Waals surface area contributed by atoms with Crippen molar-refractivity contribution in [1.82, 2.24) is 0 Å². The van der Waals surface area contributed by atoms with Crippen LogP contribution in [0.25, 0.3) is 11.1 Å². The van der Waals surface area contributed by atoms with E-state index in [4.69, 9.17) is 9.47 Å². The highest BCUT2D eigenvalue weighted by Crippen LogP contribution is 2.62. The number of aryl methyl sites for hydroxylation is 2. The van der Waals surface area contributed by atoms with Crippen LogP contribution in [-0.4, -0.2) is 25.8 Å². The first-order chi connectivity index (χ1) is 20.3. The van der Waals surface area contributed by atoms with Crippen LogP contribution in [0.3, 0.4) is 0 Å². The van der Waals surface area contributed by atoms with E-state index in [0.717, 1.165) is 86.8 Å². The summed E-state index contributed by atoms with van der Waals surface area (Å²) in [6, 6.07) is 9.52. The van der Waals surface area contributed by atoms with Crippen LogP contribution < -0.4 is 9.47 Å². The number of Topliss-reactive ketones (excluding diaryl/α,β-unsaturated/α-hetero) is 2. The fourth-order valence-electron chi connectivity index (χ4n) is 11.5. The molecular weight excluding hydrogens is 520 g/mol. The molecule has 8 unspecified atom stereocenters. The van der Waals surface area contributed by atoms with Gasteiger partial charge in [0.1, 0.15) is 23.1 Å². The minimum atomic E-state index is -0.105. The van der Waals surface area contributed by atoms with Crippen molar-refractivity contribution in [2.45, 2.75) is 103 Å². The van der Waals surface area contributed by atoms with Crippen LogP contribution in [0, 0.1) is 34.5 Å². The van der Waals surface area contributed by atoms with Gasteiger partial charge >= 0.3 is 0 Å². The van der Waals surface area contributed by atoms with E-state index < -0.39 is 0 Å². The van der Waals surface area contributed by atoms with Crippen molar-refractivity contribution < 1.29 is 19.1 Å². The summed E-state index contributed by atoms with van der Waals surface area (Å²) in [6.07, 6.45) is 12.4. The molecule has 2 aromatic carbocycles. The molecule has 4 heteroatoms. The molecule has 0 spiro atoms. The standard InChI is InChI=1S/C38H46O4/c1-37-15-13-23-25(31(37)9-11-35(37)39)7-5-21-17-33(41-3)29(19-27(21)23)30-20-28-22(18-34(30)42-4)6-8-26-24(28)14-16-38(2)32(26)10-12-36(38)40/h17-20,23-26,31-32H,5-16H2,1-4H3. The maximum absolute atomic E-state index is 12.9. The fraction of sp³-hybridized carbons (Fsp3) is 0.632. The summed E-state index contributed by atoms with van der Waals surface area (Å²) in [4.78, 5) is 25.8. The average Bonchev–Trinajstić information content (AvgIpc) is 3.49. The first-order valence-corrected chi connectivity index (χ1v) is 16.8. The van der Waals surface area contributed by atoms with Crippen LogP contribution in [0.15, 0.2) is 24.3 Å². The summed E-state index contributed by atoms with van der Waals surface area (Å²) in [7, 11) is 3.60. The molecular formula is C38H46O4. The maximum atomic E-state index is 12.9. The highest BCUT2D eigenvalue weighted by Gasteiger charge is 2.56. The predicted molar refractivity (Wildman–Crippen MR) is 164 cm³/mol. The summed E-state index contributed by atoms with van der Waals surface area (Å²) < 4.78 is 12.2. The second-order valence-corrected chi connectivity index (χ2v) is 15.2. The Morgan fingerprint density at radius 2 is 1.02 bits per heavy atom. The molecule has 0 bridgehead atoms. The number of carbonyl (C=O) groups is 2. The molecule has 4 fully saturated rings. The van der Waals surface area contributed by atoms with Crippen molar-refractivity contribution >= 4 is 11.6 Å². The lowest BCUT2D eigenvalue weighted by molar-refractivity contribution is -0.130. The van der Waals surface area contributed by atoms with E-state index in [1.54, 1.807) is 14.2 Å². The number of fused-ring (bicyclic) bond motifs is 10. The van der Waals surface area contributed by atoms with Crippen molar-refractivity contribution in [3.05, 3.63) is 46.5 Å². The Morgan fingerprint density at radius 1 is 0.595 bits per heavy atom. The van der Waals surface area contributed by atoms with Crippen LogP contribution in [-0.2, 0) is 22.4 Å². The van der Waals surface area contributed by atoms with E-state index in [9.17, 15) is 9.59 Å². The van der Waals surface area contributed by atoms with Crippen molar-refractivity contribution in [3.63, 3.8) is 0 Å². The van der Waals surface area contributed by atoms with Gasteiger partial charge in [-0.05, 0) is 146 Å². The Morgan fingerprint density at radius 3 is 1.43 bits per heavy atom. The Hall–Kier alpha value is -2.62. The highest BCUT2D eigenvalue weighted by atomic mass is 16.5. The molecule has 0 amide bonds. The van der Waals surface area contributed by atoms with E-state index in [1.807, 2.05) is 0 Å². The van der Waals surface area contributed by atoms with Crippen molar-refractivity contribution in [1.29, 1.82) is 0 Å². The summed E-state index contributed by atoms with van der Waals surface area (Å²) in [5, 5.41) is 0. The minimum Gasteiger partial charge on any atom is -0.496 e. The molecule has 0 N–H and O–H groups in total. The van der Waals surface area contributed by atoms with Crippen LogP contribution in [0.2, 0.25) is 0 Å². The highest BCUT2D eigenvalue weighted by molar-refractivity contribution is 5.88. The molecule has 0 saturated heterocycles. The third kappa shape index (κ3) is 3.59. The number of rotatable bonds is 3. The molecule has 2 aromatic rings. The third-order valence-corrected chi connectivity index (χ3v) is 13.8.